The lowest BCUT2D eigenvalue weighted by Crippen LogP contribution is -2.22. The quantitative estimate of drug-likeness (QED) is 0.741. The maximum Gasteiger partial charge on any atom is 0.227 e. The minimum absolute atomic E-state index is 0.0823. The van der Waals surface area contributed by atoms with Crippen LogP contribution in [-0.4, -0.2) is 5.91 Å². The fourth-order valence-corrected chi connectivity index (χ4v) is 1.82. The number of rotatable bonds is 6. The van der Waals surface area contributed by atoms with Crippen LogP contribution in [0.2, 0.25) is 0 Å². The van der Waals surface area contributed by atoms with E-state index in [0.29, 0.717) is 11.4 Å². The summed E-state index contributed by atoms with van der Waals surface area (Å²) < 4.78 is 0. The molecular weight excluding hydrogens is 212 g/mol. The van der Waals surface area contributed by atoms with Crippen molar-refractivity contribution in [3.63, 3.8) is 0 Å². The third kappa shape index (κ3) is 4.10. The smallest absolute Gasteiger partial charge is 0.227 e. The summed E-state index contributed by atoms with van der Waals surface area (Å²) in [5, 5.41) is 2.91. The summed E-state index contributed by atoms with van der Waals surface area (Å²) in [6.45, 7) is 4.19. The van der Waals surface area contributed by atoms with Crippen LogP contribution in [0.5, 0.6) is 0 Å². The molecule has 0 aliphatic rings. The lowest BCUT2D eigenvalue weighted by Gasteiger charge is -2.15. The van der Waals surface area contributed by atoms with Gasteiger partial charge in [0.2, 0.25) is 5.91 Å². The molecule has 0 radical (unpaired) electrons. The summed E-state index contributed by atoms with van der Waals surface area (Å²) in [7, 11) is 0. The largest absolute Gasteiger partial charge is 0.397 e. The Labute approximate surface area is 103 Å². The molecule has 3 nitrogen and oxygen atoms in total. The lowest BCUT2D eigenvalue weighted by atomic mass is 9.98. The molecule has 1 aromatic carbocycles. The van der Waals surface area contributed by atoms with Gasteiger partial charge in [0.15, 0.2) is 0 Å². The molecule has 94 valence electrons. The number of nitrogens with one attached hydrogen (secondary N) is 1. The first-order chi connectivity index (χ1) is 8.19. The second-order valence-corrected chi connectivity index (χ2v) is 4.32. The van der Waals surface area contributed by atoms with Crippen molar-refractivity contribution in [2.45, 2.75) is 39.5 Å². The fourth-order valence-electron chi connectivity index (χ4n) is 1.82. The van der Waals surface area contributed by atoms with E-state index in [1.54, 1.807) is 6.07 Å². The van der Waals surface area contributed by atoms with Gasteiger partial charge in [-0.2, -0.15) is 0 Å². The van der Waals surface area contributed by atoms with Crippen LogP contribution in [0.3, 0.4) is 0 Å². The van der Waals surface area contributed by atoms with Crippen molar-refractivity contribution in [2.24, 2.45) is 5.92 Å². The molecule has 0 saturated carbocycles. The highest BCUT2D eigenvalue weighted by molar-refractivity contribution is 5.95. The first kappa shape index (κ1) is 13.6. The molecule has 0 fully saturated rings. The number of benzene rings is 1. The van der Waals surface area contributed by atoms with E-state index in [1.807, 2.05) is 25.1 Å². The standard InChI is InChI=1S/C14H22N2O/c1-3-5-8-11(4-2)14(17)16-13-10-7-6-9-12(13)15/h6-7,9-11H,3-5,8,15H2,1-2H3,(H,16,17)/t11-/m1/s1. The number of nitrogen functional groups attached to an aromatic ring is 1. The molecule has 1 aromatic rings. The molecule has 0 aromatic heterocycles. The van der Waals surface area contributed by atoms with Crippen LogP contribution in [0.25, 0.3) is 0 Å². The summed E-state index contributed by atoms with van der Waals surface area (Å²) in [5.74, 6) is 0.174. The number of nitrogens with two attached hydrogens (primary N) is 1. The van der Waals surface area contributed by atoms with Crippen LogP contribution < -0.4 is 11.1 Å². The van der Waals surface area contributed by atoms with Crippen LogP contribution in [0.4, 0.5) is 11.4 Å². The van der Waals surface area contributed by atoms with E-state index in [1.165, 1.54) is 0 Å². The van der Waals surface area contributed by atoms with Crippen LogP contribution >= 0.6 is 0 Å². The minimum Gasteiger partial charge on any atom is -0.397 e. The molecule has 0 unspecified atom stereocenters. The summed E-state index contributed by atoms with van der Waals surface area (Å²) in [6, 6.07) is 7.36. The van der Waals surface area contributed by atoms with Gasteiger partial charge in [0.1, 0.15) is 0 Å². The van der Waals surface area contributed by atoms with Crippen LogP contribution in [0.1, 0.15) is 39.5 Å². The van der Waals surface area contributed by atoms with Gasteiger partial charge in [0, 0.05) is 5.92 Å². The number of unbranched alkanes of at least 4 members (excludes halogenated alkanes) is 1. The number of hydrogen-bond acceptors (Lipinski definition) is 2. The van der Waals surface area contributed by atoms with E-state index in [0.717, 1.165) is 25.7 Å². The monoisotopic (exact) mass is 234 g/mol. The third-order valence-electron chi connectivity index (χ3n) is 2.99. The molecule has 1 rings (SSSR count). The van der Waals surface area contributed by atoms with Crippen molar-refractivity contribution < 1.29 is 4.79 Å². The molecular formula is C14H22N2O. The number of anilines is 2. The molecule has 3 N–H and O–H groups in total. The Morgan fingerprint density at radius 2 is 2.06 bits per heavy atom. The number of para-hydroxylation sites is 2. The molecule has 0 aliphatic heterocycles. The molecule has 1 amide bonds. The second-order valence-electron chi connectivity index (χ2n) is 4.32. The third-order valence-corrected chi connectivity index (χ3v) is 2.99. The highest BCUT2D eigenvalue weighted by atomic mass is 16.1. The van der Waals surface area contributed by atoms with Crippen molar-refractivity contribution >= 4 is 17.3 Å². The highest BCUT2D eigenvalue weighted by Crippen LogP contribution is 2.20. The zero-order chi connectivity index (χ0) is 12.7. The zero-order valence-electron chi connectivity index (χ0n) is 10.7. The van der Waals surface area contributed by atoms with Crippen molar-refractivity contribution in [1.29, 1.82) is 0 Å². The normalized spacial score (nSPS) is 12.1. The molecule has 0 spiro atoms. The first-order valence-corrected chi connectivity index (χ1v) is 6.34. The molecule has 1 atom stereocenters. The van der Waals surface area contributed by atoms with Crippen LogP contribution in [0.15, 0.2) is 24.3 Å². The van der Waals surface area contributed by atoms with Gasteiger partial charge in [-0.15, -0.1) is 0 Å². The average Bonchev–Trinajstić information content (AvgIpc) is 2.33. The van der Waals surface area contributed by atoms with Crippen molar-refractivity contribution in [2.75, 3.05) is 11.1 Å². The van der Waals surface area contributed by atoms with Gasteiger partial charge in [0.05, 0.1) is 11.4 Å². The van der Waals surface area contributed by atoms with E-state index in [4.69, 9.17) is 5.73 Å². The number of carbonyl (C=O) groups is 1. The summed E-state index contributed by atoms with van der Waals surface area (Å²) in [4.78, 5) is 12.0. The Morgan fingerprint density at radius 3 is 2.65 bits per heavy atom. The van der Waals surface area contributed by atoms with Crippen LogP contribution in [-0.2, 0) is 4.79 Å². The SMILES string of the molecule is CCCC[C@@H](CC)C(=O)Nc1ccccc1N. The molecule has 0 bridgehead atoms. The fraction of sp³-hybridized carbons (Fsp3) is 0.500. The van der Waals surface area contributed by atoms with E-state index in [-0.39, 0.29) is 11.8 Å². The minimum atomic E-state index is 0.0823. The highest BCUT2D eigenvalue weighted by Gasteiger charge is 2.16. The Hall–Kier alpha value is -1.51. The summed E-state index contributed by atoms with van der Waals surface area (Å²) >= 11 is 0. The van der Waals surface area contributed by atoms with E-state index < -0.39 is 0 Å². The zero-order valence-corrected chi connectivity index (χ0v) is 10.7. The van der Waals surface area contributed by atoms with Crippen molar-refractivity contribution in [1.82, 2.24) is 0 Å². The van der Waals surface area contributed by atoms with E-state index >= 15 is 0 Å². The summed E-state index contributed by atoms with van der Waals surface area (Å²) in [5.41, 5.74) is 7.13. The first-order valence-electron chi connectivity index (χ1n) is 6.34. The van der Waals surface area contributed by atoms with Gasteiger partial charge < -0.3 is 11.1 Å². The maximum absolute atomic E-state index is 12.0. The van der Waals surface area contributed by atoms with E-state index in [9.17, 15) is 4.79 Å². The topological polar surface area (TPSA) is 55.1 Å². The van der Waals surface area contributed by atoms with Gasteiger partial charge in [-0.3, -0.25) is 4.79 Å². The number of carbonyl (C=O) groups excluding carboxylic acids is 1. The lowest BCUT2D eigenvalue weighted by molar-refractivity contribution is -0.120. The van der Waals surface area contributed by atoms with Gasteiger partial charge in [0.25, 0.3) is 0 Å². The average molecular weight is 234 g/mol. The Kier molecular flexibility index (Phi) is 5.53. The second kappa shape index (κ2) is 6.94. The van der Waals surface area contributed by atoms with Crippen molar-refractivity contribution in [3.8, 4) is 0 Å². The predicted octanol–water partition coefficient (Wildman–Crippen LogP) is 3.42. The molecule has 0 heterocycles. The molecule has 3 heteroatoms. The van der Waals surface area contributed by atoms with Gasteiger partial charge in [-0.25, -0.2) is 0 Å². The number of hydrogen-bond donors (Lipinski definition) is 2. The van der Waals surface area contributed by atoms with Crippen LogP contribution in [0, 0.1) is 5.92 Å². The summed E-state index contributed by atoms with van der Waals surface area (Å²) in [6.07, 6.45) is 4.04. The van der Waals surface area contributed by atoms with Gasteiger partial charge in [-0.1, -0.05) is 38.8 Å². The van der Waals surface area contributed by atoms with Crippen molar-refractivity contribution in [3.05, 3.63) is 24.3 Å². The van der Waals surface area contributed by atoms with Gasteiger partial charge >= 0.3 is 0 Å². The van der Waals surface area contributed by atoms with E-state index in [2.05, 4.69) is 12.2 Å². The molecule has 17 heavy (non-hydrogen) atoms. The number of amides is 1. The predicted molar refractivity (Wildman–Crippen MR) is 72.8 cm³/mol. The van der Waals surface area contributed by atoms with Gasteiger partial charge in [-0.05, 0) is 25.0 Å². The Bertz CT molecular complexity index is 363. The Balaban J connectivity index is 2.61. The molecule has 0 saturated heterocycles. The maximum atomic E-state index is 12.0. The molecule has 0 aliphatic carbocycles. The Morgan fingerprint density at radius 1 is 1.35 bits per heavy atom.